The van der Waals surface area contributed by atoms with Crippen LogP contribution >= 0.6 is 0 Å². The molecule has 3 N–H and O–H groups in total. The van der Waals surface area contributed by atoms with Gasteiger partial charge in [0.2, 0.25) is 5.91 Å². The lowest BCUT2D eigenvalue weighted by molar-refractivity contribution is -0.127. The maximum absolute atomic E-state index is 12.1. The highest BCUT2D eigenvalue weighted by Gasteiger charge is 2.38. The predicted octanol–water partition coefficient (Wildman–Crippen LogP) is 1.67. The Hall–Kier alpha value is -0.570. The summed E-state index contributed by atoms with van der Waals surface area (Å²) in [5, 5.41) is 3.12. The van der Waals surface area contributed by atoms with Gasteiger partial charge in [0.1, 0.15) is 0 Å². The van der Waals surface area contributed by atoms with Crippen molar-refractivity contribution in [2.75, 3.05) is 13.1 Å². The third-order valence-electron chi connectivity index (χ3n) is 4.34. The van der Waals surface area contributed by atoms with E-state index in [0.717, 1.165) is 19.4 Å². The molecule has 3 nitrogen and oxygen atoms in total. The molecule has 0 saturated heterocycles. The zero-order valence-corrected chi connectivity index (χ0v) is 10.3. The second-order valence-corrected chi connectivity index (χ2v) is 5.92. The molecule has 0 aromatic rings. The summed E-state index contributed by atoms with van der Waals surface area (Å²) in [7, 11) is 0. The van der Waals surface area contributed by atoms with Crippen LogP contribution in [-0.4, -0.2) is 19.0 Å². The summed E-state index contributed by atoms with van der Waals surface area (Å²) in [5.74, 6) is 0.852. The minimum absolute atomic E-state index is 0.182. The monoisotopic (exact) mass is 224 g/mol. The highest BCUT2D eigenvalue weighted by Crippen LogP contribution is 2.44. The van der Waals surface area contributed by atoms with Crippen molar-refractivity contribution in [3.63, 3.8) is 0 Å². The lowest BCUT2D eigenvalue weighted by Gasteiger charge is -2.29. The zero-order valence-electron chi connectivity index (χ0n) is 10.3. The number of nitrogens with two attached hydrogens (primary N) is 1. The maximum atomic E-state index is 12.1. The van der Waals surface area contributed by atoms with Crippen LogP contribution in [0.2, 0.25) is 0 Å². The summed E-state index contributed by atoms with van der Waals surface area (Å²) in [6, 6.07) is 0. The number of carbonyl (C=O) groups is 1. The van der Waals surface area contributed by atoms with Gasteiger partial charge in [-0.3, -0.25) is 4.79 Å². The van der Waals surface area contributed by atoms with Crippen molar-refractivity contribution in [2.24, 2.45) is 23.0 Å². The summed E-state index contributed by atoms with van der Waals surface area (Å²) in [6.07, 6.45) is 7.11. The summed E-state index contributed by atoms with van der Waals surface area (Å²) >= 11 is 0. The Kier molecular flexibility index (Phi) is 3.53. The summed E-state index contributed by atoms with van der Waals surface area (Å²) in [6.45, 7) is 3.77. The molecule has 16 heavy (non-hydrogen) atoms. The minimum atomic E-state index is 0.182. The first-order valence-corrected chi connectivity index (χ1v) is 6.62. The van der Waals surface area contributed by atoms with Gasteiger partial charge in [0.05, 0.1) is 0 Å². The number of hydrogen-bond donors (Lipinski definition) is 2. The Balaban J connectivity index is 1.81. The molecular weight excluding hydrogens is 200 g/mol. The van der Waals surface area contributed by atoms with Gasteiger partial charge in [0, 0.05) is 12.5 Å². The van der Waals surface area contributed by atoms with Crippen LogP contribution in [0.4, 0.5) is 0 Å². The topological polar surface area (TPSA) is 55.1 Å². The minimum Gasteiger partial charge on any atom is -0.355 e. The van der Waals surface area contributed by atoms with Crippen molar-refractivity contribution in [3.05, 3.63) is 0 Å². The van der Waals surface area contributed by atoms with Gasteiger partial charge in [-0.1, -0.05) is 19.8 Å². The Bertz CT molecular complexity index is 261. The molecule has 2 fully saturated rings. The molecule has 0 aliphatic heterocycles. The lowest BCUT2D eigenvalue weighted by atomic mass is 9.78. The molecule has 2 rings (SSSR count). The number of rotatable bonds is 4. The van der Waals surface area contributed by atoms with Crippen molar-refractivity contribution in [1.29, 1.82) is 0 Å². The largest absolute Gasteiger partial charge is 0.355 e. The van der Waals surface area contributed by atoms with E-state index in [9.17, 15) is 4.79 Å². The van der Waals surface area contributed by atoms with Crippen LogP contribution in [0.3, 0.4) is 0 Å². The van der Waals surface area contributed by atoms with E-state index >= 15 is 0 Å². The van der Waals surface area contributed by atoms with Crippen LogP contribution < -0.4 is 11.1 Å². The molecule has 0 spiro atoms. The van der Waals surface area contributed by atoms with E-state index in [4.69, 9.17) is 5.73 Å². The molecule has 2 unspecified atom stereocenters. The molecule has 3 heteroatoms. The third kappa shape index (κ3) is 2.76. The van der Waals surface area contributed by atoms with E-state index in [1.807, 2.05) is 0 Å². The smallest absolute Gasteiger partial charge is 0.223 e. The van der Waals surface area contributed by atoms with Crippen LogP contribution in [0.25, 0.3) is 0 Å². The van der Waals surface area contributed by atoms with Crippen LogP contribution in [-0.2, 0) is 4.79 Å². The molecule has 2 aliphatic carbocycles. The van der Waals surface area contributed by atoms with Gasteiger partial charge in [-0.15, -0.1) is 0 Å². The van der Waals surface area contributed by atoms with Crippen LogP contribution in [0, 0.1) is 17.3 Å². The molecule has 2 atom stereocenters. The fraction of sp³-hybridized carbons (Fsp3) is 0.923. The normalized spacial score (nSPS) is 32.1. The zero-order chi connectivity index (χ0) is 11.6. The van der Waals surface area contributed by atoms with Crippen molar-refractivity contribution in [3.8, 4) is 0 Å². The van der Waals surface area contributed by atoms with Gasteiger partial charge in [-0.05, 0) is 43.6 Å². The van der Waals surface area contributed by atoms with E-state index in [2.05, 4.69) is 12.2 Å². The molecule has 92 valence electrons. The Morgan fingerprint density at radius 2 is 2.06 bits per heavy atom. The van der Waals surface area contributed by atoms with Crippen molar-refractivity contribution in [2.45, 2.75) is 45.4 Å². The van der Waals surface area contributed by atoms with E-state index in [1.165, 1.54) is 25.7 Å². The number of hydrogen-bond acceptors (Lipinski definition) is 2. The van der Waals surface area contributed by atoms with Gasteiger partial charge >= 0.3 is 0 Å². The molecule has 0 aromatic carbocycles. The molecule has 0 aromatic heterocycles. The molecule has 1 amide bonds. The van der Waals surface area contributed by atoms with Crippen molar-refractivity contribution < 1.29 is 4.79 Å². The molecule has 0 heterocycles. The van der Waals surface area contributed by atoms with Gasteiger partial charge < -0.3 is 11.1 Å². The fourth-order valence-electron chi connectivity index (χ4n) is 2.66. The Labute approximate surface area is 98.2 Å². The quantitative estimate of drug-likeness (QED) is 0.763. The first-order chi connectivity index (χ1) is 7.64. The van der Waals surface area contributed by atoms with E-state index < -0.39 is 0 Å². The van der Waals surface area contributed by atoms with Crippen molar-refractivity contribution >= 4 is 5.91 Å². The standard InChI is InChI=1S/C13H24N2O/c1-13(6-7-13)9-15-12(16)11-5-3-2-4-10(11)8-14/h10-11H,2-9,14H2,1H3,(H,15,16). The summed E-state index contributed by atoms with van der Waals surface area (Å²) in [4.78, 5) is 12.1. The van der Waals surface area contributed by atoms with E-state index in [0.29, 0.717) is 17.9 Å². The van der Waals surface area contributed by atoms with Crippen LogP contribution in [0.5, 0.6) is 0 Å². The summed E-state index contributed by atoms with van der Waals surface area (Å²) in [5.41, 5.74) is 6.15. The molecule has 0 radical (unpaired) electrons. The fourth-order valence-corrected chi connectivity index (χ4v) is 2.66. The highest BCUT2D eigenvalue weighted by atomic mass is 16.1. The molecule has 0 bridgehead atoms. The average Bonchev–Trinajstić information content (AvgIpc) is 3.05. The lowest BCUT2D eigenvalue weighted by Crippen LogP contribution is -2.41. The molecule has 2 aliphatic rings. The number of amides is 1. The summed E-state index contributed by atoms with van der Waals surface area (Å²) < 4.78 is 0. The number of nitrogens with one attached hydrogen (secondary N) is 1. The Morgan fingerprint density at radius 3 is 2.69 bits per heavy atom. The van der Waals surface area contributed by atoms with Gasteiger partial charge in [0.15, 0.2) is 0 Å². The van der Waals surface area contributed by atoms with E-state index in [1.54, 1.807) is 0 Å². The SMILES string of the molecule is CC1(CNC(=O)C2CCCCC2CN)CC1. The highest BCUT2D eigenvalue weighted by molar-refractivity contribution is 5.79. The second kappa shape index (κ2) is 4.74. The third-order valence-corrected chi connectivity index (χ3v) is 4.34. The van der Waals surface area contributed by atoms with Crippen molar-refractivity contribution in [1.82, 2.24) is 5.32 Å². The first-order valence-electron chi connectivity index (χ1n) is 6.62. The number of carbonyl (C=O) groups excluding carboxylic acids is 1. The van der Waals surface area contributed by atoms with Gasteiger partial charge in [0.25, 0.3) is 0 Å². The predicted molar refractivity (Wildman–Crippen MR) is 64.9 cm³/mol. The van der Waals surface area contributed by atoms with Gasteiger partial charge in [-0.2, -0.15) is 0 Å². The maximum Gasteiger partial charge on any atom is 0.223 e. The van der Waals surface area contributed by atoms with Crippen LogP contribution in [0.15, 0.2) is 0 Å². The average molecular weight is 224 g/mol. The first kappa shape index (κ1) is 11.9. The molecule has 2 saturated carbocycles. The van der Waals surface area contributed by atoms with Crippen LogP contribution in [0.1, 0.15) is 45.4 Å². The Morgan fingerprint density at radius 1 is 1.38 bits per heavy atom. The second-order valence-electron chi connectivity index (χ2n) is 5.92. The van der Waals surface area contributed by atoms with Gasteiger partial charge in [-0.25, -0.2) is 0 Å². The molecular formula is C13H24N2O. The van der Waals surface area contributed by atoms with E-state index in [-0.39, 0.29) is 11.8 Å².